The van der Waals surface area contributed by atoms with Crippen LogP contribution < -0.4 is 4.74 Å². The van der Waals surface area contributed by atoms with E-state index in [9.17, 15) is 9.90 Å². The van der Waals surface area contributed by atoms with Crippen molar-refractivity contribution in [2.24, 2.45) is 0 Å². The van der Waals surface area contributed by atoms with Crippen LogP contribution in [0.1, 0.15) is 18.6 Å². The van der Waals surface area contributed by atoms with Crippen molar-refractivity contribution in [1.29, 1.82) is 0 Å². The largest absolute Gasteiger partial charge is 0.482 e. The van der Waals surface area contributed by atoms with Crippen LogP contribution in [-0.2, 0) is 9.53 Å². The molecule has 0 spiro atoms. The fourth-order valence-electron chi connectivity index (χ4n) is 1.17. The minimum atomic E-state index is -0.716. The highest BCUT2D eigenvalue weighted by atomic mass is 35.5. The number of halogens is 1. The van der Waals surface area contributed by atoms with E-state index in [0.29, 0.717) is 16.3 Å². The highest BCUT2D eigenvalue weighted by Crippen LogP contribution is 2.28. The van der Waals surface area contributed by atoms with Gasteiger partial charge < -0.3 is 14.6 Å². The van der Waals surface area contributed by atoms with Gasteiger partial charge in [-0.25, -0.2) is 4.79 Å². The van der Waals surface area contributed by atoms with Crippen molar-refractivity contribution in [3.05, 3.63) is 28.8 Å². The van der Waals surface area contributed by atoms with E-state index >= 15 is 0 Å². The zero-order valence-electron chi connectivity index (χ0n) is 9.07. The van der Waals surface area contributed by atoms with Crippen LogP contribution in [0.4, 0.5) is 0 Å². The van der Waals surface area contributed by atoms with Crippen LogP contribution in [0.2, 0.25) is 5.02 Å². The van der Waals surface area contributed by atoms with Gasteiger partial charge in [-0.3, -0.25) is 0 Å². The van der Waals surface area contributed by atoms with E-state index in [1.54, 1.807) is 25.1 Å². The van der Waals surface area contributed by atoms with Crippen LogP contribution in [0.3, 0.4) is 0 Å². The minimum absolute atomic E-state index is 0.197. The van der Waals surface area contributed by atoms with Crippen molar-refractivity contribution >= 4 is 17.6 Å². The summed E-state index contributed by atoms with van der Waals surface area (Å²) in [4.78, 5) is 10.9. The maximum absolute atomic E-state index is 10.9. The predicted octanol–water partition coefficient (Wildman–Crippen LogP) is 1.95. The van der Waals surface area contributed by atoms with E-state index in [0.717, 1.165) is 0 Å². The zero-order chi connectivity index (χ0) is 12.1. The summed E-state index contributed by atoms with van der Waals surface area (Å²) >= 11 is 5.79. The van der Waals surface area contributed by atoms with Gasteiger partial charge in [-0.15, -0.1) is 0 Å². The van der Waals surface area contributed by atoms with Crippen molar-refractivity contribution < 1.29 is 19.4 Å². The summed E-state index contributed by atoms with van der Waals surface area (Å²) in [6, 6.07) is 4.83. The lowest BCUT2D eigenvalue weighted by molar-refractivity contribution is -0.142. The Bertz CT molecular complexity index is 376. The molecule has 0 aliphatic heterocycles. The minimum Gasteiger partial charge on any atom is -0.482 e. The lowest BCUT2D eigenvalue weighted by Gasteiger charge is -2.12. The van der Waals surface area contributed by atoms with Crippen molar-refractivity contribution in [2.75, 3.05) is 13.7 Å². The Hall–Kier alpha value is -1.26. The fourth-order valence-corrected chi connectivity index (χ4v) is 1.35. The molecule has 4 nitrogen and oxygen atoms in total. The molecule has 0 bridgehead atoms. The molecule has 0 saturated carbocycles. The summed E-state index contributed by atoms with van der Waals surface area (Å²) in [6.07, 6.45) is -0.716. The van der Waals surface area contributed by atoms with Crippen LogP contribution in [0, 0.1) is 0 Å². The fraction of sp³-hybridized carbons (Fsp3) is 0.364. The van der Waals surface area contributed by atoms with E-state index in [1.807, 2.05) is 0 Å². The summed E-state index contributed by atoms with van der Waals surface area (Å²) in [5.41, 5.74) is 0.538. The molecule has 1 unspecified atom stereocenters. The van der Waals surface area contributed by atoms with Crippen LogP contribution in [0.5, 0.6) is 5.75 Å². The molecular weight excluding hydrogens is 232 g/mol. The van der Waals surface area contributed by atoms with Gasteiger partial charge in [-0.05, 0) is 25.1 Å². The number of benzene rings is 1. The maximum Gasteiger partial charge on any atom is 0.343 e. The molecule has 0 radical (unpaired) electrons. The Kier molecular flexibility index (Phi) is 4.58. The number of aliphatic hydroxyl groups is 1. The quantitative estimate of drug-likeness (QED) is 0.823. The van der Waals surface area contributed by atoms with E-state index in [2.05, 4.69) is 4.74 Å². The first-order chi connectivity index (χ1) is 7.54. The normalized spacial score (nSPS) is 12.0. The lowest BCUT2D eigenvalue weighted by atomic mass is 10.1. The van der Waals surface area contributed by atoms with Gasteiger partial charge in [0.2, 0.25) is 0 Å². The zero-order valence-corrected chi connectivity index (χ0v) is 9.82. The molecule has 1 rings (SSSR count). The second kappa shape index (κ2) is 5.72. The van der Waals surface area contributed by atoms with Crippen LogP contribution in [0.25, 0.3) is 0 Å². The molecule has 16 heavy (non-hydrogen) atoms. The van der Waals surface area contributed by atoms with Crippen molar-refractivity contribution in [1.82, 2.24) is 0 Å². The first-order valence-electron chi connectivity index (χ1n) is 4.71. The van der Waals surface area contributed by atoms with Crippen molar-refractivity contribution in [3.8, 4) is 5.75 Å². The second-order valence-electron chi connectivity index (χ2n) is 3.22. The van der Waals surface area contributed by atoms with Crippen LogP contribution in [0.15, 0.2) is 18.2 Å². The summed E-state index contributed by atoms with van der Waals surface area (Å²) in [6.45, 7) is 1.40. The van der Waals surface area contributed by atoms with Gasteiger partial charge >= 0.3 is 5.97 Å². The molecule has 0 heterocycles. The Morgan fingerprint density at radius 1 is 1.56 bits per heavy atom. The topological polar surface area (TPSA) is 55.8 Å². The van der Waals surface area contributed by atoms with Gasteiger partial charge in [0.05, 0.1) is 13.2 Å². The number of aliphatic hydroxyl groups excluding tert-OH is 1. The third-order valence-corrected chi connectivity index (χ3v) is 2.23. The monoisotopic (exact) mass is 244 g/mol. The number of methoxy groups -OCH3 is 1. The average Bonchev–Trinajstić information content (AvgIpc) is 2.26. The average molecular weight is 245 g/mol. The number of esters is 1. The number of hydrogen-bond acceptors (Lipinski definition) is 4. The number of rotatable bonds is 4. The SMILES string of the molecule is COC(=O)COc1ccc(Cl)cc1C(C)O. The summed E-state index contributed by atoms with van der Waals surface area (Å²) < 4.78 is 9.66. The highest BCUT2D eigenvalue weighted by Gasteiger charge is 2.11. The van der Waals surface area contributed by atoms with Crippen LogP contribution >= 0.6 is 11.6 Å². The molecule has 0 fully saturated rings. The van der Waals surface area contributed by atoms with Gasteiger partial charge in [-0.1, -0.05) is 11.6 Å². The number of hydrogen-bond donors (Lipinski definition) is 1. The highest BCUT2D eigenvalue weighted by molar-refractivity contribution is 6.30. The van der Waals surface area contributed by atoms with Gasteiger partial charge in [0.1, 0.15) is 5.75 Å². The smallest absolute Gasteiger partial charge is 0.343 e. The number of carbonyl (C=O) groups excluding carboxylic acids is 1. The summed E-state index contributed by atoms with van der Waals surface area (Å²) in [7, 11) is 1.28. The second-order valence-corrected chi connectivity index (χ2v) is 3.66. The summed E-state index contributed by atoms with van der Waals surface area (Å²) in [5, 5.41) is 10.00. The molecular formula is C11H13ClO4. The number of carbonyl (C=O) groups is 1. The molecule has 1 aromatic rings. The standard InChI is InChI=1S/C11H13ClO4/c1-7(13)9-5-8(12)3-4-10(9)16-6-11(14)15-2/h3-5,7,13H,6H2,1-2H3. The molecule has 0 saturated heterocycles. The van der Waals surface area contributed by atoms with Crippen molar-refractivity contribution in [3.63, 3.8) is 0 Å². The van der Waals surface area contributed by atoms with E-state index < -0.39 is 12.1 Å². The van der Waals surface area contributed by atoms with Crippen LogP contribution in [-0.4, -0.2) is 24.8 Å². The third kappa shape index (κ3) is 3.40. The molecule has 1 aromatic carbocycles. The Labute approximate surface area is 98.7 Å². The van der Waals surface area contributed by atoms with E-state index in [4.69, 9.17) is 16.3 Å². The Morgan fingerprint density at radius 3 is 2.81 bits per heavy atom. The maximum atomic E-state index is 10.9. The number of ether oxygens (including phenoxy) is 2. The first kappa shape index (κ1) is 12.8. The van der Waals surface area contributed by atoms with Gasteiger partial charge in [0.25, 0.3) is 0 Å². The molecule has 0 amide bonds. The molecule has 5 heteroatoms. The van der Waals surface area contributed by atoms with Gasteiger partial charge in [0, 0.05) is 10.6 Å². The molecule has 88 valence electrons. The van der Waals surface area contributed by atoms with E-state index in [-0.39, 0.29) is 6.61 Å². The molecule has 0 aliphatic carbocycles. The van der Waals surface area contributed by atoms with Crippen molar-refractivity contribution in [2.45, 2.75) is 13.0 Å². The van der Waals surface area contributed by atoms with Gasteiger partial charge in [0.15, 0.2) is 6.61 Å². The lowest BCUT2D eigenvalue weighted by Crippen LogP contribution is -2.13. The van der Waals surface area contributed by atoms with E-state index in [1.165, 1.54) is 7.11 Å². The predicted molar refractivity (Wildman–Crippen MR) is 59.6 cm³/mol. The molecule has 1 N–H and O–H groups in total. The first-order valence-corrected chi connectivity index (χ1v) is 5.09. The summed E-state index contributed by atoms with van der Waals surface area (Å²) in [5.74, 6) is -0.0590. The molecule has 0 aromatic heterocycles. The van der Waals surface area contributed by atoms with Gasteiger partial charge in [-0.2, -0.15) is 0 Å². The Morgan fingerprint density at radius 2 is 2.25 bits per heavy atom. The molecule has 1 atom stereocenters. The Balaban J connectivity index is 2.82. The third-order valence-electron chi connectivity index (χ3n) is 2.00. The molecule has 0 aliphatic rings.